The summed E-state index contributed by atoms with van der Waals surface area (Å²) in [4.78, 5) is 33.9. The van der Waals surface area contributed by atoms with Crippen molar-refractivity contribution in [3.05, 3.63) is 131 Å². The molecule has 0 spiro atoms. The third kappa shape index (κ3) is 6.78. The highest BCUT2D eigenvalue weighted by Gasteiger charge is 2.16. The number of aryl methyl sites for hydroxylation is 2. The van der Waals surface area contributed by atoms with E-state index < -0.39 is 5.97 Å². The van der Waals surface area contributed by atoms with E-state index in [0.29, 0.717) is 52.0 Å². The highest BCUT2D eigenvalue weighted by molar-refractivity contribution is 5.97. The van der Waals surface area contributed by atoms with Crippen molar-refractivity contribution < 1.29 is 23.5 Å². The summed E-state index contributed by atoms with van der Waals surface area (Å²) in [6, 6.07) is 24.2. The number of hydrogen-bond acceptors (Lipinski definition) is 4. The first-order valence-electron chi connectivity index (χ1n) is 13.2. The van der Waals surface area contributed by atoms with Gasteiger partial charge in [0.05, 0.1) is 34.9 Å². The summed E-state index contributed by atoms with van der Waals surface area (Å²) in [6.45, 7) is 1.82. The number of aromatic nitrogens is 2. The number of fused-ring (bicyclic) bond motifs is 1. The van der Waals surface area contributed by atoms with E-state index in [0.717, 1.165) is 11.1 Å². The summed E-state index contributed by atoms with van der Waals surface area (Å²) in [5.74, 6) is -1.90. The Bertz CT molecular complexity index is 1720. The minimum absolute atomic E-state index is 0.0604. The van der Waals surface area contributed by atoms with Gasteiger partial charge in [0.25, 0.3) is 5.91 Å². The third-order valence-corrected chi connectivity index (χ3v) is 6.83. The van der Waals surface area contributed by atoms with Gasteiger partial charge in [0, 0.05) is 11.1 Å². The molecule has 0 saturated carbocycles. The van der Waals surface area contributed by atoms with Crippen molar-refractivity contribution in [1.29, 1.82) is 0 Å². The Kier molecular flexibility index (Phi) is 8.10. The number of rotatable bonds is 9. The number of carbonyl (C=O) groups excluding carboxylic acids is 1. The Morgan fingerprint density at radius 3 is 2.20 bits per heavy atom. The van der Waals surface area contributed by atoms with Gasteiger partial charge < -0.3 is 10.4 Å². The summed E-state index contributed by atoms with van der Waals surface area (Å²) >= 11 is 0. The predicted octanol–water partition coefficient (Wildman–Crippen LogP) is 6.48. The Balaban J connectivity index is 1.45. The van der Waals surface area contributed by atoms with Gasteiger partial charge >= 0.3 is 5.97 Å². The molecule has 0 radical (unpaired) electrons. The molecule has 2 N–H and O–H groups in total. The maximum atomic E-state index is 13.7. The van der Waals surface area contributed by atoms with Crippen LogP contribution >= 0.6 is 0 Å². The van der Waals surface area contributed by atoms with E-state index >= 15 is 0 Å². The second-order valence-corrected chi connectivity index (χ2v) is 9.87. The smallest absolute Gasteiger partial charge is 0.307 e. The molecular weight excluding hydrogens is 524 g/mol. The predicted molar refractivity (Wildman–Crippen MR) is 152 cm³/mol. The molecule has 5 aromatic rings. The number of amides is 1. The molecule has 0 aliphatic carbocycles. The number of carbonyl (C=O) groups is 2. The minimum atomic E-state index is -0.895. The molecule has 1 aromatic heterocycles. The average Bonchev–Trinajstić information content (AvgIpc) is 2.96. The molecule has 0 unspecified atom stereocenters. The van der Waals surface area contributed by atoms with Gasteiger partial charge in [-0.3, -0.25) is 9.59 Å². The van der Waals surface area contributed by atoms with Crippen molar-refractivity contribution in [3.63, 3.8) is 0 Å². The quantitative estimate of drug-likeness (QED) is 0.219. The first kappa shape index (κ1) is 27.6. The van der Waals surface area contributed by atoms with Gasteiger partial charge in [0.1, 0.15) is 11.6 Å². The number of carboxylic acid groups (broad SMARTS) is 1. The lowest BCUT2D eigenvalue weighted by Gasteiger charge is -2.15. The maximum absolute atomic E-state index is 13.7. The van der Waals surface area contributed by atoms with E-state index in [9.17, 15) is 18.4 Å². The van der Waals surface area contributed by atoms with Crippen LogP contribution < -0.4 is 5.32 Å². The van der Waals surface area contributed by atoms with E-state index in [1.165, 1.54) is 24.3 Å². The van der Waals surface area contributed by atoms with Crippen LogP contribution in [0.15, 0.2) is 91.0 Å². The highest BCUT2D eigenvalue weighted by atomic mass is 19.1. The van der Waals surface area contributed by atoms with Crippen LogP contribution in [0.4, 0.5) is 8.78 Å². The zero-order chi connectivity index (χ0) is 28.9. The van der Waals surface area contributed by atoms with Crippen LogP contribution in [0.25, 0.3) is 22.3 Å². The maximum Gasteiger partial charge on any atom is 0.307 e. The van der Waals surface area contributed by atoms with Gasteiger partial charge in [0.15, 0.2) is 0 Å². The number of benzene rings is 4. The van der Waals surface area contributed by atoms with Crippen molar-refractivity contribution in [2.45, 2.75) is 32.2 Å². The topological polar surface area (TPSA) is 92.2 Å². The van der Waals surface area contributed by atoms with Crippen LogP contribution in [0.3, 0.4) is 0 Å². The van der Waals surface area contributed by atoms with Crippen LogP contribution in [-0.4, -0.2) is 27.0 Å². The fraction of sp³-hybridized carbons (Fsp3) is 0.152. The van der Waals surface area contributed by atoms with Crippen molar-refractivity contribution in [2.24, 2.45) is 0 Å². The van der Waals surface area contributed by atoms with Gasteiger partial charge in [-0.25, -0.2) is 18.7 Å². The van der Waals surface area contributed by atoms with Crippen LogP contribution in [0.2, 0.25) is 0 Å². The lowest BCUT2D eigenvalue weighted by molar-refractivity contribution is -0.136. The molecule has 5 rings (SSSR count). The standard InChI is InChI=1S/C33H27F2N3O3/c1-20(23-6-11-26(34)12-7-23)36-33(41)25-10-16-28-30(19-25)37-29(32(38-28)24-8-13-27(35)14-9-24)15-5-21-3-2-4-22(17-21)18-31(39)40/h2-4,6-14,16-17,19-20H,5,15,18H2,1H3,(H,36,41)(H,39,40)/t20-/m0/s1. The fourth-order valence-corrected chi connectivity index (χ4v) is 4.69. The molecule has 0 fully saturated rings. The molecule has 0 aliphatic rings. The second-order valence-electron chi connectivity index (χ2n) is 9.87. The molecule has 0 saturated heterocycles. The van der Waals surface area contributed by atoms with Crippen molar-refractivity contribution in [3.8, 4) is 11.3 Å². The molecule has 1 amide bonds. The first-order valence-corrected chi connectivity index (χ1v) is 13.2. The zero-order valence-electron chi connectivity index (χ0n) is 22.3. The molecule has 4 aromatic carbocycles. The molecule has 1 heterocycles. The number of hydrogen-bond donors (Lipinski definition) is 2. The minimum Gasteiger partial charge on any atom is -0.481 e. The largest absolute Gasteiger partial charge is 0.481 e. The Hall–Kier alpha value is -4.98. The molecule has 0 bridgehead atoms. The summed E-state index contributed by atoms with van der Waals surface area (Å²) in [6.07, 6.45) is 1.01. The molecular formula is C33H27F2N3O3. The van der Waals surface area contributed by atoms with Gasteiger partial charge in [-0.1, -0.05) is 36.4 Å². The van der Waals surface area contributed by atoms with E-state index in [1.54, 1.807) is 48.5 Å². The van der Waals surface area contributed by atoms with Crippen LogP contribution in [0, 0.1) is 11.6 Å². The monoisotopic (exact) mass is 551 g/mol. The van der Waals surface area contributed by atoms with Gasteiger partial charge in [0.2, 0.25) is 0 Å². The molecule has 6 nitrogen and oxygen atoms in total. The van der Waals surface area contributed by atoms with Crippen LogP contribution in [0.1, 0.15) is 45.7 Å². The normalized spacial score (nSPS) is 11.8. The number of carboxylic acids is 1. The second kappa shape index (κ2) is 12.0. The number of nitrogens with one attached hydrogen (secondary N) is 1. The molecule has 41 heavy (non-hydrogen) atoms. The molecule has 206 valence electrons. The number of aliphatic carboxylic acids is 1. The number of halogens is 2. The Morgan fingerprint density at radius 2 is 1.49 bits per heavy atom. The van der Waals surface area contributed by atoms with Crippen LogP contribution in [-0.2, 0) is 24.1 Å². The summed E-state index contributed by atoms with van der Waals surface area (Å²) in [5.41, 5.74) is 5.97. The van der Waals surface area contributed by atoms with Crippen molar-refractivity contribution in [1.82, 2.24) is 15.3 Å². The highest BCUT2D eigenvalue weighted by Crippen LogP contribution is 2.26. The molecule has 8 heteroatoms. The Morgan fingerprint density at radius 1 is 0.805 bits per heavy atom. The average molecular weight is 552 g/mol. The first-order chi connectivity index (χ1) is 19.7. The lowest BCUT2D eigenvalue weighted by atomic mass is 10.0. The SMILES string of the molecule is C[C@H](NC(=O)c1ccc2nc(-c3ccc(F)cc3)c(CCc3cccc(CC(=O)O)c3)nc2c1)c1ccc(F)cc1. The fourth-order valence-electron chi connectivity index (χ4n) is 4.69. The van der Waals surface area contributed by atoms with Crippen molar-refractivity contribution in [2.75, 3.05) is 0 Å². The molecule has 1 atom stereocenters. The van der Waals surface area contributed by atoms with Gasteiger partial charge in [-0.15, -0.1) is 0 Å². The van der Waals surface area contributed by atoms with Gasteiger partial charge in [-0.2, -0.15) is 0 Å². The van der Waals surface area contributed by atoms with E-state index in [-0.39, 0.29) is 30.0 Å². The van der Waals surface area contributed by atoms with E-state index in [2.05, 4.69) is 5.32 Å². The van der Waals surface area contributed by atoms with Gasteiger partial charge in [-0.05, 0) is 91.1 Å². The summed E-state index contributed by atoms with van der Waals surface area (Å²) in [5, 5.41) is 12.1. The Labute approximate surface area is 235 Å². The van der Waals surface area contributed by atoms with E-state index in [4.69, 9.17) is 15.1 Å². The summed E-state index contributed by atoms with van der Waals surface area (Å²) in [7, 11) is 0. The zero-order valence-corrected chi connectivity index (χ0v) is 22.3. The third-order valence-electron chi connectivity index (χ3n) is 6.83. The van der Waals surface area contributed by atoms with Crippen LogP contribution in [0.5, 0.6) is 0 Å². The molecule has 0 aliphatic heterocycles. The van der Waals surface area contributed by atoms with E-state index in [1.807, 2.05) is 25.1 Å². The number of nitrogens with zero attached hydrogens (tertiary/aromatic N) is 2. The van der Waals surface area contributed by atoms with Crippen molar-refractivity contribution >= 4 is 22.9 Å². The summed E-state index contributed by atoms with van der Waals surface area (Å²) < 4.78 is 26.9. The lowest BCUT2D eigenvalue weighted by Crippen LogP contribution is -2.26.